The number of fused-ring (bicyclic) bond motifs is 1. The van der Waals surface area contributed by atoms with E-state index < -0.39 is 35.5 Å². The molecule has 38 heavy (non-hydrogen) atoms. The van der Waals surface area contributed by atoms with Gasteiger partial charge in [-0.2, -0.15) is 0 Å². The van der Waals surface area contributed by atoms with Crippen LogP contribution in [-0.2, 0) is 30.4 Å². The van der Waals surface area contributed by atoms with Crippen molar-refractivity contribution in [3.05, 3.63) is 48.0 Å². The molecule has 0 aromatic heterocycles. The van der Waals surface area contributed by atoms with Gasteiger partial charge in [0.25, 0.3) is 0 Å². The van der Waals surface area contributed by atoms with Crippen molar-refractivity contribution in [2.75, 3.05) is 6.54 Å². The lowest BCUT2D eigenvalue weighted by molar-refractivity contribution is -0.144. The number of allylic oxidation sites excluding steroid dienone is 2. The summed E-state index contributed by atoms with van der Waals surface area (Å²) >= 11 is 0. The van der Waals surface area contributed by atoms with Crippen LogP contribution in [0.15, 0.2) is 42.5 Å². The van der Waals surface area contributed by atoms with Gasteiger partial charge in [-0.1, -0.05) is 56.3 Å². The number of hydrogen-bond acceptors (Lipinski definition) is 5. The van der Waals surface area contributed by atoms with Gasteiger partial charge in [0.05, 0.1) is 0 Å². The first-order valence-corrected chi connectivity index (χ1v) is 13.6. The number of carbonyl (C=O) groups excluding carboxylic acids is 5. The maximum absolute atomic E-state index is 13.7. The molecule has 206 valence electrons. The van der Waals surface area contributed by atoms with Crippen LogP contribution in [0.25, 0.3) is 0 Å². The van der Waals surface area contributed by atoms with Crippen molar-refractivity contribution in [2.24, 2.45) is 0 Å². The van der Waals surface area contributed by atoms with Crippen LogP contribution in [0.5, 0.6) is 0 Å². The van der Waals surface area contributed by atoms with Crippen LogP contribution in [0.2, 0.25) is 0 Å². The molecule has 1 aromatic carbocycles. The molecule has 0 aliphatic carbocycles. The Balaban J connectivity index is 1.87. The highest BCUT2D eigenvalue weighted by Crippen LogP contribution is 2.22. The van der Waals surface area contributed by atoms with Gasteiger partial charge in [0.2, 0.25) is 23.6 Å². The quantitative estimate of drug-likeness (QED) is 0.427. The highest BCUT2D eigenvalue weighted by molar-refractivity contribution is 5.99. The third kappa shape index (κ3) is 7.30. The number of benzene rings is 1. The van der Waals surface area contributed by atoms with Crippen LogP contribution in [0, 0.1) is 0 Å². The molecule has 2 heterocycles. The molecule has 9 nitrogen and oxygen atoms in total. The minimum atomic E-state index is -1.28. The van der Waals surface area contributed by atoms with E-state index in [1.807, 2.05) is 43.3 Å². The topological polar surface area (TPSA) is 125 Å². The van der Waals surface area contributed by atoms with Gasteiger partial charge in [-0.15, -0.1) is 0 Å². The number of rotatable bonds is 9. The molecule has 2 aliphatic rings. The van der Waals surface area contributed by atoms with Crippen LogP contribution >= 0.6 is 0 Å². The number of ketones is 1. The van der Waals surface area contributed by atoms with Crippen molar-refractivity contribution >= 4 is 29.4 Å². The third-order valence-electron chi connectivity index (χ3n) is 7.49. The normalized spacial score (nSPS) is 26.7. The second-order valence-corrected chi connectivity index (χ2v) is 10.3. The van der Waals surface area contributed by atoms with E-state index in [-0.39, 0.29) is 24.0 Å². The van der Waals surface area contributed by atoms with Crippen molar-refractivity contribution in [1.29, 1.82) is 0 Å². The lowest BCUT2D eigenvalue weighted by atomic mass is 9.94. The Morgan fingerprint density at radius 3 is 2.45 bits per heavy atom. The summed E-state index contributed by atoms with van der Waals surface area (Å²) in [5.74, 6) is -1.44. The van der Waals surface area contributed by atoms with E-state index in [1.165, 1.54) is 0 Å². The Labute approximate surface area is 224 Å². The maximum Gasteiger partial charge on any atom is 0.246 e. The van der Waals surface area contributed by atoms with Crippen molar-refractivity contribution < 1.29 is 24.0 Å². The van der Waals surface area contributed by atoms with Gasteiger partial charge in [-0.25, -0.2) is 0 Å². The first-order valence-electron chi connectivity index (χ1n) is 13.6. The molecule has 3 rings (SSSR count). The zero-order valence-electron chi connectivity index (χ0n) is 22.6. The molecule has 2 fully saturated rings. The molecule has 2 saturated heterocycles. The van der Waals surface area contributed by atoms with Crippen LogP contribution < -0.4 is 16.0 Å². The molecular formula is C29H40N4O5. The van der Waals surface area contributed by atoms with Gasteiger partial charge in [-0.05, 0) is 44.6 Å². The fraction of sp³-hybridized carbons (Fsp3) is 0.552. The highest BCUT2D eigenvalue weighted by Gasteiger charge is 2.43. The third-order valence-corrected chi connectivity index (χ3v) is 7.49. The number of nitrogens with zero attached hydrogens (tertiary/aromatic N) is 1. The van der Waals surface area contributed by atoms with E-state index in [2.05, 4.69) is 16.0 Å². The minimum absolute atomic E-state index is 0.125. The monoisotopic (exact) mass is 524 g/mol. The second-order valence-electron chi connectivity index (χ2n) is 10.3. The van der Waals surface area contributed by atoms with E-state index in [4.69, 9.17) is 0 Å². The molecule has 4 atom stereocenters. The summed E-state index contributed by atoms with van der Waals surface area (Å²) in [6.07, 6.45) is 6.88. The molecule has 0 spiro atoms. The molecule has 2 aliphatic heterocycles. The molecule has 0 bridgehead atoms. The van der Waals surface area contributed by atoms with E-state index >= 15 is 0 Å². The first kappa shape index (κ1) is 29.1. The average Bonchev–Trinajstić information content (AvgIpc) is 3.41. The van der Waals surface area contributed by atoms with Crippen LogP contribution in [-0.4, -0.2) is 64.5 Å². The van der Waals surface area contributed by atoms with Crippen LogP contribution in [0.4, 0.5) is 0 Å². The van der Waals surface area contributed by atoms with Crippen LogP contribution in [0.1, 0.15) is 71.3 Å². The number of Topliss-reactive ketones (excluding diaryl/α,β-unsaturated/α-hetero) is 1. The summed E-state index contributed by atoms with van der Waals surface area (Å²) < 4.78 is 0. The minimum Gasteiger partial charge on any atom is -0.343 e. The SMILES string of the molecule is CCC(=O)CC=CCC[C@@H]1NC(=O)[C@H]2CCCN2C(=O)[C@H](Cc2ccccc2)NC(=O)[C@](C)(CC)NC1=O. The summed E-state index contributed by atoms with van der Waals surface area (Å²) in [6.45, 7) is 5.64. The van der Waals surface area contributed by atoms with Crippen molar-refractivity contribution in [1.82, 2.24) is 20.9 Å². The molecule has 3 N–H and O–H groups in total. The molecular weight excluding hydrogens is 484 g/mol. The van der Waals surface area contributed by atoms with Crippen molar-refractivity contribution in [2.45, 2.75) is 95.8 Å². The zero-order valence-corrected chi connectivity index (χ0v) is 22.6. The number of hydrogen-bond donors (Lipinski definition) is 3. The summed E-state index contributed by atoms with van der Waals surface area (Å²) in [5.41, 5.74) is -0.392. The molecule has 0 radical (unpaired) electrons. The Bertz CT molecular complexity index is 1060. The smallest absolute Gasteiger partial charge is 0.246 e. The van der Waals surface area contributed by atoms with Crippen molar-refractivity contribution in [3.8, 4) is 0 Å². The van der Waals surface area contributed by atoms with Gasteiger partial charge in [0.1, 0.15) is 29.4 Å². The summed E-state index contributed by atoms with van der Waals surface area (Å²) in [6, 6.07) is 6.95. The number of carbonyl (C=O) groups is 5. The van der Waals surface area contributed by atoms with E-state index in [0.717, 1.165) is 5.56 Å². The Morgan fingerprint density at radius 2 is 1.76 bits per heavy atom. The molecule has 0 unspecified atom stereocenters. The molecule has 4 amide bonds. The van der Waals surface area contributed by atoms with Gasteiger partial charge in [0, 0.05) is 25.8 Å². The second kappa shape index (κ2) is 13.3. The van der Waals surface area contributed by atoms with Gasteiger partial charge < -0.3 is 20.9 Å². The lowest BCUT2D eigenvalue weighted by Crippen LogP contribution is -2.65. The predicted molar refractivity (Wildman–Crippen MR) is 144 cm³/mol. The van der Waals surface area contributed by atoms with Crippen LogP contribution in [0.3, 0.4) is 0 Å². The number of amides is 4. The fourth-order valence-electron chi connectivity index (χ4n) is 4.81. The van der Waals surface area contributed by atoms with Crippen molar-refractivity contribution in [3.63, 3.8) is 0 Å². The summed E-state index contributed by atoms with van der Waals surface area (Å²) in [4.78, 5) is 67.0. The summed E-state index contributed by atoms with van der Waals surface area (Å²) in [7, 11) is 0. The van der Waals surface area contributed by atoms with Gasteiger partial charge >= 0.3 is 0 Å². The highest BCUT2D eigenvalue weighted by atomic mass is 16.2. The molecule has 9 heteroatoms. The molecule has 0 saturated carbocycles. The maximum atomic E-state index is 13.7. The Hall–Kier alpha value is -3.49. The molecule has 1 aromatic rings. The fourth-order valence-corrected chi connectivity index (χ4v) is 4.81. The summed E-state index contributed by atoms with van der Waals surface area (Å²) in [5, 5.41) is 8.58. The lowest BCUT2D eigenvalue weighted by Gasteiger charge is -2.35. The van der Waals surface area contributed by atoms with Gasteiger partial charge in [0.15, 0.2) is 0 Å². The average molecular weight is 525 g/mol. The van der Waals surface area contributed by atoms with E-state index in [9.17, 15) is 24.0 Å². The first-order chi connectivity index (χ1) is 18.2. The van der Waals surface area contributed by atoms with E-state index in [1.54, 1.807) is 24.8 Å². The standard InChI is InChI=1S/C29H40N4O5/c1-4-21(34)15-10-7-11-16-22-25(35)32-29(3,5-2)28(38)31-23(19-20-13-8-6-9-14-20)27(37)33-18-12-17-24(33)26(36)30-22/h6-10,13-14,22-24H,4-5,11-12,15-19H2,1-3H3,(H,30,36)(H,31,38)(H,32,35)/t22-,23-,24+,29-/m0/s1. The number of nitrogens with one attached hydrogen (secondary N) is 3. The van der Waals surface area contributed by atoms with E-state index in [0.29, 0.717) is 51.5 Å². The Morgan fingerprint density at radius 1 is 1.03 bits per heavy atom. The zero-order chi connectivity index (χ0) is 27.7. The predicted octanol–water partition coefficient (Wildman–Crippen LogP) is 2.19. The van der Waals surface area contributed by atoms with Gasteiger partial charge in [-0.3, -0.25) is 24.0 Å². The Kier molecular flexibility index (Phi) is 10.2. The largest absolute Gasteiger partial charge is 0.343 e.